The van der Waals surface area contributed by atoms with Crippen LogP contribution in [0.4, 0.5) is 57.1 Å². The minimum Gasteiger partial charge on any atom is -0.306 e. The van der Waals surface area contributed by atoms with Crippen LogP contribution in [0.25, 0.3) is 0 Å². The minimum absolute atomic E-state index is 1.55. The van der Waals surface area contributed by atoms with Crippen molar-refractivity contribution in [2.75, 3.05) is 6.61 Å². The van der Waals surface area contributed by atoms with Crippen LogP contribution in [0, 0.1) is 0 Å². The number of ether oxygens (including phenoxy) is 2. The summed E-state index contributed by atoms with van der Waals surface area (Å²) < 4.78 is 194. The molecule has 0 radical (unpaired) electrons. The largest absolute Gasteiger partial charge is 0.460 e. The van der Waals surface area contributed by atoms with Crippen LogP contribution in [0.1, 0.15) is 0 Å². The molecule has 1 unspecified atom stereocenters. The lowest BCUT2D eigenvalue weighted by Gasteiger charge is -2.37. The molecule has 5 nitrogen and oxygen atoms in total. The molecule has 0 aromatic heterocycles. The summed E-state index contributed by atoms with van der Waals surface area (Å²) in [5, 5.41) is -7.12. The molecule has 0 aromatic carbocycles. The molecule has 0 aliphatic carbocycles. The van der Waals surface area contributed by atoms with Crippen molar-refractivity contribution in [3.63, 3.8) is 0 Å². The van der Waals surface area contributed by atoms with Crippen LogP contribution < -0.4 is 0 Å². The van der Waals surface area contributed by atoms with Gasteiger partial charge in [0.25, 0.3) is 0 Å². The Morgan fingerprint density at radius 3 is 1.38 bits per heavy atom. The maximum atomic E-state index is 13.4. The molecule has 0 aliphatic rings. The molecule has 0 saturated carbocycles. The Morgan fingerprint density at radius 1 is 0.731 bits per heavy atom. The van der Waals surface area contributed by atoms with E-state index in [-0.39, 0.29) is 0 Å². The van der Waals surface area contributed by atoms with Crippen molar-refractivity contribution in [1.29, 1.82) is 0 Å². The van der Waals surface area contributed by atoms with Crippen molar-refractivity contribution in [1.82, 2.24) is 0 Å². The van der Waals surface area contributed by atoms with Crippen LogP contribution in [0.3, 0.4) is 0 Å². The lowest BCUT2D eigenvalue weighted by atomic mass is 10.2. The third-order valence-corrected chi connectivity index (χ3v) is 2.97. The van der Waals surface area contributed by atoms with Gasteiger partial charge >= 0.3 is 45.8 Å². The maximum absolute atomic E-state index is 13.4. The van der Waals surface area contributed by atoms with Crippen LogP contribution in [-0.4, -0.2) is 55.3 Å². The molecule has 0 saturated heterocycles. The van der Waals surface area contributed by atoms with Crippen molar-refractivity contribution in [2.45, 2.75) is 35.7 Å². The molecule has 26 heavy (non-hydrogen) atoms. The molecular formula is C7H3F13O5S. The third kappa shape index (κ3) is 4.80. The first-order valence-corrected chi connectivity index (χ1v) is 6.62. The zero-order chi connectivity index (χ0) is 21.6. The van der Waals surface area contributed by atoms with Gasteiger partial charge in [-0.05, 0) is 0 Å². The van der Waals surface area contributed by atoms with E-state index in [2.05, 4.69) is 4.74 Å². The highest BCUT2D eigenvalue weighted by atomic mass is 32.2. The van der Waals surface area contributed by atoms with E-state index in [4.69, 9.17) is 4.55 Å². The van der Waals surface area contributed by atoms with E-state index in [1.54, 1.807) is 4.74 Å². The second-order valence-corrected chi connectivity index (χ2v) is 5.59. The summed E-state index contributed by atoms with van der Waals surface area (Å²) in [5.41, 5.74) is 0. The number of halogens is 13. The topological polar surface area (TPSA) is 72.8 Å². The summed E-state index contributed by atoms with van der Waals surface area (Å²) in [7, 11) is -7.37. The molecule has 0 fully saturated rings. The molecule has 0 amide bonds. The van der Waals surface area contributed by atoms with Crippen LogP contribution in [0.5, 0.6) is 0 Å². The third-order valence-electron chi connectivity index (χ3n) is 2.09. The Labute approximate surface area is 133 Å². The van der Waals surface area contributed by atoms with Crippen LogP contribution >= 0.6 is 0 Å². The van der Waals surface area contributed by atoms with E-state index < -0.39 is 52.4 Å². The molecular weight excluding hydrogens is 443 g/mol. The zero-order valence-electron chi connectivity index (χ0n) is 11.1. The van der Waals surface area contributed by atoms with Gasteiger partial charge in [0.05, 0.1) is 0 Å². The number of alkyl halides is 13. The Morgan fingerprint density at radius 2 is 1.12 bits per heavy atom. The van der Waals surface area contributed by atoms with E-state index in [0.29, 0.717) is 0 Å². The highest BCUT2D eigenvalue weighted by Crippen LogP contribution is 2.52. The monoisotopic (exact) mass is 446 g/mol. The van der Waals surface area contributed by atoms with E-state index in [0.717, 1.165) is 0 Å². The molecule has 0 bridgehead atoms. The first kappa shape index (κ1) is 24.9. The average molecular weight is 446 g/mol. The molecule has 19 heteroatoms. The number of rotatable bonds is 7. The molecule has 0 spiro atoms. The van der Waals surface area contributed by atoms with Crippen molar-refractivity contribution >= 4 is 10.1 Å². The summed E-state index contributed by atoms with van der Waals surface area (Å²) in [6, 6.07) is 0. The normalized spacial score (nSPS) is 17.9. The van der Waals surface area contributed by atoms with Gasteiger partial charge in [0.15, 0.2) is 0 Å². The fourth-order valence-electron chi connectivity index (χ4n) is 0.934. The van der Waals surface area contributed by atoms with E-state index in [1.165, 1.54) is 0 Å². The predicted molar refractivity (Wildman–Crippen MR) is 49.4 cm³/mol. The van der Waals surface area contributed by atoms with Gasteiger partial charge in [-0.3, -0.25) is 9.29 Å². The average Bonchev–Trinajstić information content (AvgIpc) is 2.32. The summed E-state index contributed by atoms with van der Waals surface area (Å²) in [6.07, 6.45) is -27.7. The van der Waals surface area contributed by atoms with Gasteiger partial charge in [0.1, 0.15) is 6.61 Å². The van der Waals surface area contributed by atoms with E-state index >= 15 is 0 Å². The summed E-state index contributed by atoms with van der Waals surface area (Å²) >= 11 is 0. The molecule has 0 rings (SSSR count). The Kier molecular flexibility index (Phi) is 6.24. The molecule has 1 atom stereocenters. The predicted octanol–water partition coefficient (Wildman–Crippen LogP) is 3.48. The van der Waals surface area contributed by atoms with Gasteiger partial charge in [-0.15, -0.1) is 0 Å². The van der Waals surface area contributed by atoms with Gasteiger partial charge in [0, 0.05) is 0 Å². The van der Waals surface area contributed by atoms with Crippen LogP contribution in [0.15, 0.2) is 0 Å². The number of hydrogen-bond donors (Lipinski definition) is 1. The smallest absolute Gasteiger partial charge is 0.306 e. The van der Waals surface area contributed by atoms with Crippen molar-refractivity contribution in [3.05, 3.63) is 0 Å². The van der Waals surface area contributed by atoms with Gasteiger partial charge in [0.2, 0.25) is 0 Å². The standard InChI is InChI=1S/C7H3F13O5S/c8-2(9,10)1-24-5(15,16)3(11,4(12,13)14)25-6(17,18)7(19,20)26(21,22)23/h1H2,(H,21,22,23). The Balaban J connectivity index is 6.14. The summed E-state index contributed by atoms with van der Waals surface area (Å²) in [5.74, 6) is -7.40. The first-order chi connectivity index (χ1) is 10.9. The van der Waals surface area contributed by atoms with Crippen LogP contribution in [0.2, 0.25) is 0 Å². The first-order valence-electron chi connectivity index (χ1n) is 5.18. The Hall–Kier alpha value is -1.08. The lowest BCUT2D eigenvalue weighted by molar-refractivity contribution is -0.516. The second-order valence-electron chi connectivity index (χ2n) is 4.12. The Bertz CT molecular complexity index is 607. The van der Waals surface area contributed by atoms with E-state index in [1.807, 2.05) is 0 Å². The van der Waals surface area contributed by atoms with Gasteiger partial charge < -0.3 is 4.74 Å². The van der Waals surface area contributed by atoms with Crippen molar-refractivity contribution < 1.29 is 79.5 Å². The molecule has 0 heterocycles. The van der Waals surface area contributed by atoms with Gasteiger partial charge in [-0.2, -0.15) is 65.5 Å². The van der Waals surface area contributed by atoms with E-state index in [9.17, 15) is 65.5 Å². The molecule has 158 valence electrons. The maximum Gasteiger partial charge on any atom is 0.460 e. The lowest BCUT2D eigenvalue weighted by Crippen LogP contribution is -2.64. The van der Waals surface area contributed by atoms with Crippen molar-refractivity contribution in [2.24, 2.45) is 0 Å². The van der Waals surface area contributed by atoms with Gasteiger partial charge in [-0.25, -0.2) is 0 Å². The fourth-order valence-corrected chi connectivity index (χ4v) is 1.28. The van der Waals surface area contributed by atoms with Crippen LogP contribution in [-0.2, 0) is 19.6 Å². The molecule has 0 aliphatic heterocycles. The quantitative estimate of drug-likeness (QED) is 0.479. The minimum atomic E-state index is -7.46. The SMILES string of the molecule is O=S(=O)(O)C(F)(F)C(F)(F)OC(F)(C(F)(F)F)C(F)(F)OCC(F)(F)F. The zero-order valence-corrected chi connectivity index (χ0v) is 11.9. The summed E-state index contributed by atoms with van der Waals surface area (Å²) in [4.78, 5) is 0. The fraction of sp³-hybridized carbons (Fsp3) is 1.00. The highest BCUT2D eigenvalue weighted by Gasteiger charge is 2.81. The van der Waals surface area contributed by atoms with Gasteiger partial charge in [-0.1, -0.05) is 0 Å². The molecule has 0 aromatic rings. The molecule has 1 N–H and O–H groups in total. The van der Waals surface area contributed by atoms with Crippen molar-refractivity contribution in [3.8, 4) is 0 Å². The summed E-state index contributed by atoms with van der Waals surface area (Å²) in [6.45, 7) is -3.38. The highest BCUT2D eigenvalue weighted by molar-refractivity contribution is 7.86. The number of hydrogen-bond acceptors (Lipinski definition) is 4. The second kappa shape index (κ2) is 6.51.